The Morgan fingerprint density at radius 2 is 2.00 bits per heavy atom. The minimum absolute atomic E-state index is 0.124. The van der Waals surface area contributed by atoms with Crippen LogP contribution in [0.4, 0.5) is 4.39 Å². The van der Waals surface area contributed by atoms with Gasteiger partial charge in [0.2, 0.25) is 6.54 Å². The molecule has 8 heteroatoms. The highest BCUT2D eigenvalue weighted by Crippen LogP contribution is 2.37. The Morgan fingerprint density at radius 3 is 2.72 bits per heavy atom. The number of nitrogens with zero attached hydrogens (tertiary/aromatic N) is 2. The van der Waals surface area contributed by atoms with Crippen molar-refractivity contribution in [2.45, 2.75) is 30.6 Å². The molecule has 0 spiro atoms. The molecular weight excluding hydrogens is 379 g/mol. The van der Waals surface area contributed by atoms with Gasteiger partial charge in [0.25, 0.3) is 5.91 Å². The molecule has 1 N–H and O–H groups in total. The van der Waals surface area contributed by atoms with Crippen LogP contribution in [0.3, 0.4) is 0 Å². The Balaban J connectivity index is 1.64. The number of hydrogen-bond donors (Lipinski definition) is 1. The van der Waals surface area contributed by atoms with Gasteiger partial charge in [0.1, 0.15) is 11.9 Å². The minimum Gasteiger partial charge on any atom is -0.380 e. The quantitative estimate of drug-likeness (QED) is 0.627. The van der Waals surface area contributed by atoms with E-state index in [0.717, 1.165) is 16.7 Å². The van der Waals surface area contributed by atoms with Crippen molar-refractivity contribution in [2.24, 2.45) is 0 Å². The van der Waals surface area contributed by atoms with Gasteiger partial charge in [-0.05, 0) is 35.2 Å². The summed E-state index contributed by atoms with van der Waals surface area (Å²) < 4.78 is 18.9. The molecule has 0 bridgehead atoms. The van der Waals surface area contributed by atoms with Crippen molar-refractivity contribution in [2.75, 3.05) is 19.7 Å². The van der Waals surface area contributed by atoms with Crippen molar-refractivity contribution in [3.63, 3.8) is 0 Å². The van der Waals surface area contributed by atoms with Crippen LogP contribution in [-0.4, -0.2) is 52.2 Å². The van der Waals surface area contributed by atoms with Crippen molar-refractivity contribution >= 4 is 5.91 Å². The molecule has 152 valence electrons. The van der Waals surface area contributed by atoms with Gasteiger partial charge in [-0.2, -0.15) is 0 Å². The molecule has 1 amide bonds. The first-order chi connectivity index (χ1) is 13.9. The van der Waals surface area contributed by atoms with Crippen molar-refractivity contribution < 1.29 is 24.0 Å². The average Bonchev–Trinajstić information content (AvgIpc) is 3.08. The van der Waals surface area contributed by atoms with Gasteiger partial charge in [-0.1, -0.05) is 36.4 Å². The fraction of sp³-hybridized carbons (Fsp3) is 0.381. The summed E-state index contributed by atoms with van der Waals surface area (Å²) in [5, 5.41) is 21.2. The molecule has 2 heterocycles. The summed E-state index contributed by atoms with van der Waals surface area (Å²) in [5.41, 5.74) is 1.19. The second-order valence-electron chi connectivity index (χ2n) is 7.65. The second-order valence-corrected chi connectivity index (χ2v) is 7.65. The predicted molar refractivity (Wildman–Crippen MR) is 101 cm³/mol. The first-order valence-electron chi connectivity index (χ1n) is 9.46. The highest BCUT2D eigenvalue weighted by atomic mass is 19.1. The number of benzene rings is 2. The summed E-state index contributed by atoms with van der Waals surface area (Å²) in [4.78, 5) is 25.1. The molecule has 7 nitrogen and oxygen atoms in total. The van der Waals surface area contributed by atoms with E-state index in [1.807, 2.05) is 24.3 Å². The van der Waals surface area contributed by atoms with Crippen molar-refractivity contribution in [3.05, 3.63) is 81.2 Å². The van der Waals surface area contributed by atoms with Gasteiger partial charge in [0, 0.05) is 17.9 Å². The fourth-order valence-electron chi connectivity index (χ4n) is 4.22. The number of carbonyl (C=O) groups is 1. The molecule has 3 atom stereocenters. The van der Waals surface area contributed by atoms with Crippen LogP contribution in [0.1, 0.15) is 29.2 Å². The molecule has 0 saturated carbocycles. The van der Waals surface area contributed by atoms with Gasteiger partial charge < -0.3 is 14.7 Å². The van der Waals surface area contributed by atoms with Gasteiger partial charge >= 0.3 is 0 Å². The number of ether oxygens (including phenoxy) is 1. The summed E-state index contributed by atoms with van der Waals surface area (Å²) in [6.45, 7) is -0.484. The number of aliphatic hydroxyl groups is 1. The Hall–Kier alpha value is -2.84. The number of fused-ring (bicyclic) bond motifs is 1. The topological polar surface area (TPSA) is 92.9 Å². The van der Waals surface area contributed by atoms with E-state index in [4.69, 9.17) is 4.74 Å². The van der Waals surface area contributed by atoms with E-state index in [1.54, 1.807) is 17.0 Å². The highest BCUT2D eigenvalue weighted by molar-refractivity contribution is 5.82. The van der Waals surface area contributed by atoms with Crippen LogP contribution in [-0.2, 0) is 16.0 Å². The fourth-order valence-corrected chi connectivity index (χ4v) is 4.22. The third-order valence-corrected chi connectivity index (χ3v) is 5.57. The van der Waals surface area contributed by atoms with Crippen LogP contribution < -0.4 is 0 Å². The second kappa shape index (κ2) is 7.53. The van der Waals surface area contributed by atoms with Crippen molar-refractivity contribution in [1.82, 2.24) is 4.90 Å². The van der Waals surface area contributed by atoms with E-state index in [1.165, 1.54) is 12.1 Å². The van der Waals surface area contributed by atoms with Crippen LogP contribution in [0, 0.1) is 15.9 Å². The van der Waals surface area contributed by atoms with Gasteiger partial charge in [0.05, 0.1) is 12.6 Å². The molecule has 0 aromatic heterocycles. The monoisotopic (exact) mass is 400 g/mol. The lowest BCUT2D eigenvalue weighted by Crippen LogP contribution is -2.46. The van der Waals surface area contributed by atoms with Gasteiger partial charge in [-0.25, -0.2) is 4.39 Å². The number of carbonyl (C=O) groups excluding carboxylic acids is 1. The van der Waals surface area contributed by atoms with E-state index < -0.39 is 29.2 Å². The molecule has 2 aliphatic heterocycles. The normalized spacial score (nSPS) is 26.2. The predicted octanol–water partition coefficient (Wildman–Crippen LogP) is 2.10. The molecule has 0 radical (unpaired) electrons. The van der Waals surface area contributed by atoms with E-state index in [-0.39, 0.29) is 24.8 Å². The zero-order valence-corrected chi connectivity index (χ0v) is 15.7. The standard InChI is InChI=1S/C21H21FN2O5/c22-16-7-5-15(6-8-16)19-17-4-2-1-3-14(17)9-10-23(19)20(25)18-11-21(26,13-29-18)12-24(27)28/h1-8,18-19,26H,9-13H2/t18-,19-,21?/m0/s1. The Bertz CT molecular complexity index is 935. The number of halogens is 1. The van der Waals surface area contributed by atoms with Gasteiger partial charge in [-0.15, -0.1) is 0 Å². The Morgan fingerprint density at radius 1 is 1.28 bits per heavy atom. The zero-order valence-electron chi connectivity index (χ0n) is 15.7. The lowest BCUT2D eigenvalue weighted by molar-refractivity contribution is -0.500. The molecule has 1 unspecified atom stereocenters. The van der Waals surface area contributed by atoms with E-state index >= 15 is 0 Å². The third-order valence-electron chi connectivity index (χ3n) is 5.57. The molecule has 2 aliphatic rings. The summed E-state index contributed by atoms with van der Waals surface area (Å²) in [5.74, 6) is -0.687. The Labute approximate surface area is 166 Å². The molecular formula is C21H21FN2O5. The van der Waals surface area contributed by atoms with Crippen LogP contribution in [0.15, 0.2) is 48.5 Å². The Kier molecular flexibility index (Phi) is 5.06. The summed E-state index contributed by atoms with van der Waals surface area (Å²) >= 11 is 0. The molecule has 1 fully saturated rings. The summed E-state index contributed by atoms with van der Waals surface area (Å²) in [6.07, 6.45) is -0.416. The zero-order chi connectivity index (χ0) is 20.6. The first kappa shape index (κ1) is 19.5. The molecule has 1 saturated heterocycles. The van der Waals surface area contributed by atoms with Crippen LogP contribution in [0.25, 0.3) is 0 Å². The smallest absolute Gasteiger partial charge is 0.252 e. The minimum atomic E-state index is -1.65. The van der Waals surface area contributed by atoms with Gasteiger partial charge in [-0.3, -0.25) is 14.9 Å². The van der Waals surface area contributed by atoms with Crippen molar-refractivity contribution in [1.29, 1.82) is 0 Å². The summed E-state index contributed by atoms with van der Waals surface area (Å²) in [6, 6.07) is 13.4. The van der Waals surface area contributed by atoms with Crippen LogP contribution in [0.2, 0.25) is 0 Å². The van der Waals surface area contributed by atoms with E-state index in [2.05, 4.69) is 0 Å². The number of amides is 1. The number of nitro groups is 1. The first-order valence-corrected chi connectivity index (χ1v) is 9.46. The summed E-state index contributed by atoms with van der Waals surface area (Å²) in [7, 11) is 0. The lowest BCUT2D eigenvalue weighted by Gasteiger charge is -2.39. The number of rotatable bonds is 4. The molecule has 29 heavy (non-hydrogen) atoms. The number of hydrogen-bond acceptors (Lipinski definition) is 5. The molecule has 2 aromatic carbocycles. The molecule has 2 aromatic rings. The highest BCUT2D eigenvalue weighted by Gasteiger charge is 2.47. The van der Waals surface area contributed by atoms with Crippen molar-refractivity contribution in [3.8, 4) is 0 Å². The maximum atomic E-state index is 13.5. The van der Waals surface area contributed by atoms with Gasteiger partial charge in [0.15, 0.2) is 5.60 Å². The maximum Gasteiger partial charge on any atom is 0.252 e. The molecule has 4 rings (SSSR count). The average molecular weight is 400 g/mol. The lowest BCUT2D eigenvalue weighted by atomic mass is 9.87. The largest absolute Gasteiger partial charge is 0.380 e. The van der Waals surface area contributed by atoms with E-state index in [9.17, 15) is 24.4 Å². The van der Waals surface area contributed by atoms with Crippen LogP contribution in [0.5, 0.6) is 0 Å². The third kappa shape index (κ3) is 3.86. The van der Waals surface area contributed by atoms with E-state index in [0.29, 0.717) is 13.0 Å². The maximum absolute atomic E-state index is 13.5. The SMILES string of the molecule is O=C([C@@H]1CC(O)(C[N+](=O)[O-])CO1)N1CCc2ccccc2[C@@H]1c1ccc(F)cc1. The molecule has 0 aliphatic carbocycles. The van der Waals surface area contributed by atoms with Crippen LogP contribution >= 0.6 is 0 Å².